The molecule has 1 aliphatic heterocycles. The van der Waals surface area contributed by atoms with Crippen LogP contribution >= 0.6 is 11.6 Å². The first-order valence-corrected chi connectivity index (χ1v) is 7.31. The summed E-state index contributed by atoms with van der Waals surface area (Å²) in [4.78, 5) is 16.2. The molecular formula is C12H16ClN7O. The van der Waals surface area contributed by atoms with Crippen molar-refractivity contribution in [2.45, 2.75) is 31.8 Å². The Bertz CT molecular complexity index is 571. The second-order valence-corrected chi connectivity index (χ2v) is 5.11. The normalized spacial score (nSPS) is 18.6. The lowest BCUT2D eigenvalue weighted by atomic mass is 10.1. The van der Waals surface area contributed by atoms with E-state index in [9.17, 15) is 0 Å². The number of hydrogen-bond acceptors (Lipinski definition) is 7. The van der Waals surface area contributed by atoms with Gasteiger partial charge in [-0.2, -0.15) is 24.7 Å². The molecule has 0 aliphatic carbocycles. The Morgan fingerprint density at radius 2 is 2.29 bits per heavy atom. The van der Waals surface area contributed by atoms with Gasteiger partial charge >= 0.3 is 0 Å². The predicted molar refractivity (Wildman–Crippen MR) is 76.5 cm³/mol. The Kier molecular flexibility index (Phi) is 4.56. The third-order valence-electron chi connectivity index (χ3n) is 3.24. The van der Waals surface area contributed by atoms with Gasteiger partial charge < -0.3 is 10.1 Å². The van der Waals surface area contributed by atoms with E-state index < -0.39 is 0 Å². The molecule has 1 unspecified atom stereocenters. The van der Waals surface area contributed by atoms with Crippen LogP contribution < -0.4 is 5.32 Å². The largest absolute Gasteiger partial charge is 0.378 e. The molecule has 0 aromatic carbocycles. The second-order valence-electron chi connectivity index (χ2n) is 4.77. The molecule has 1 saturated heterocycles. The van der Waals surface area contributed by atoms with Gasteiger partial charge in [0.15, 0.2) is 0 Å². The minimum Gasteiger partial charge on any atom is -0.378 e. The topological polar surface area (TPSA) is 90.6 Å². The Labute approximate surface area is 126 Å². The van der Waals surface area contributed by atoms with E-state index >= 15 is 0 Å². The number of nitrogens with zero attached hydrogens (tertiary/aromatic N) is 6. The SMILES string of the molecule is Clc1nc(NCCC2CCCCO2)nc(-n2cncn2)n1. The van der Waals surface area contributed by atoms with E-state index in [0.29, 0.717) is 18.0 Å². The highest BCUT2D eigenvalue weighted by Gasteiger charge is 2.14. The molecule has 0 spiro atoms. The maximum absolute atomic E-state index is 5.91. The van der Waals surface area contributed by atoms with E-state index in [2.05, 4.69) is 30.4 Å². The summed E-state index contributed by atoms with van der Waals surface area (Å²) < 4.78 is 7.11. The van der Waals surface area contributed by atoms with Crippen LogP contribution in [0.5, 0.6) is 0 Å². The Morgan fingerprint density at radius 3 is 3.05 bits per heavy atom. The lowest BCUT2D eigenvalue weighted by Gasteiger charge is -2.22. The van der Waals surface area contributed by atoms with E-state index in [4.69, 9.17) is 16.3 Å². The molecule has 1 fully saturated rings. The molecule has 3 heterocycles. The zero-order chi connectivity index (χ0) is 14.5. The Hall–Kier alpha value is -1.80. The minimum absolute atomic E-state index is 0.118. The fourth-order valence-electron chi connectivity index (χ4n) is 2.21. The minimum atomic E-state index is 0.118. The van der Waals surface area contributed by atoms with Gasteiger partial charge in [-0.15, -0.1) is 0 Å². The van der Waals surface area contributed by atoms with Crippen LogP contribution in [0.1, 0.15) is 25.7 Å². The standard InChI is InChI=1S/C12H16ClN7O/c13-10-17-11(15-5-4-9-3-1-2-6-21-9)19-12(18-10)20-8-14-7-16-20/h7-9H,1-6H2,(H,15,17,18,19). The molecular weight excluding hydrogens is 294 g/mol. The van der Waals surface area contributed by atoms with E-state index in [0.717, 1.165) is 32.4 Å². The predicted octanol–water partition coefficient (Wildman–Crippen LogP) is 1.48. The van der Waals surface area contributed by atoms with Crippen LogP contribution in [-0.2, 0) is 4.74 Å². The number of anilines is 1. The highest BCUT2D eigenvalue weighted by molar-refractivity contribution is 6.28. The van der Waals surface area contributed by atoms with Crippen molar-refractivity contribution in [1.29, 1.82) is 0 Å². The van der Waals surface area contributed by atoms with Crippen LogP contribution in [0.25, 0.3) is 5.95 Å². The molecule has 0 saturated carbocycles. The Morgan fingerprint density at radius 1 is 1.33 bits per heavy atom. The summed E-state index contributed by atoms with van der Waals surface area (Å²) >= 11 is 5.91. The molecule has 0 amide bonds. The summed E-state index contributed by atoms with van der Waals surface area (Å²) in [6.45, 7) is 1.58. The molecule has 112 valence electrons. The molecule has 8 nitrogen and oxygen atoms in total. The summed E-state index contributed by atoms with van der Waals surface area (Å²) in [5.74, 6) is 0.764. The lowest BCUT2D eigenvalue weighted by molar-refractivity contribution is 0.0134. The van der Waals surface area contributed by atoms with Gasteiger partial charge in [0.2, 0.25) is 11.2 Å². The van der Waals surface area contributed by atoms with E-state index in [1.165, 1.54) is 23.8 Å². The van der Waals surface area contributed by atoms with Gasteiger partial charge in [0.1, 0.15) is 12.7 Å². The van der Waals surface area contributed by atoms with Crippen LogP contribution in [0.3, 0.4) is 0 Å². The van der Waals surface area contributed by atoms with Gasteiger partial charge in [0.05, 0.1) is 6.10 Å². The molecule has 2 aromatic heterocycles. The molecule has 3 rings (SSSR count). The third-order valence-corrected chi connectivity index (χ3v) is 3.41. The molecule has 9 heteroatoms. The van der Waals surface area contributed by atoms with Gasteiger partial charge in [0.25, 0.3) is 5.95 Å². The maximum atomic E-state index is 5.91. The molecule has 0 radical (unpaired) electrons. The van der Waals surface area contributed by atoms with Crippen molar-refractivity contribution in [3.8, 4) is 5.95 Å². The molecule has 1 atom stereocenters. The number of aromatic nitrogens is 6. The monoisotopic (exact) mass is 309 g/mol. The van der Waals surface area contributed by atoms with Crippen LogP contribution in [0, 0.1) is 0 Å². The van der Waals surface area contributed by atoms with Crippen molar-refractivity contribution < 1.29 is 4.74 Å². The van der Waals surface area contributed by atoms with E-state index in [1.54, 1.807) is 0 Å². The van der Waals surface area contributed by atoms with Gasteiger partial charge in [-0.3, -0.25) is 0 Å². The fourth-order valence-corrected chi connectivity index (χ4v) is 2.37. The highest BCUT2D eigenvalue weighted by Crippen LogP contribution is 2.15. The maximum Gasteiger partial charge on any atom is 0.258 e. The van der Waals surface area contributed by atoms with Crippen LogP contribution in [0.15, 0.2) is 12.7 Å². The first-order valence-electron chi connectivity index (χ1n) is 6.93. The van der Waals surface area contributed by atoms with Crippen molar-refractivity contribution in [3.63, 3.8) is 0 Å². The third kappa shape index (κ3) is 3.85. The lowest BCUT2D eigenvalue weighted by Crippen LogP contribution is -2.22. The number of rotatable bonds is 5. The molecule has 1 N–H and O–H groups in total. The zero-order valence-corrected chi connectivity index (χ0v) is 12.2. The first kappa shape index (κ1) is 14.2. The quantitative estimate of drug-likeness (QED) is 0.894. The van der Waals surface area contributed by atoms with E-state index in [1.807, 2.05) is 0 Å². The van der Waals surface area contributed by atoms with Gasteiger partial charge in [-0.1, -0.05) is 0 Å². The van der Waals surface area contributed by atoms with Crippen LogP contribution in [-0.4, -0.2) is 49.0 Å². The Balaban J connectivity index is 1.60. The smallest absolute Gasteiger partial charge is 0.258 e. The number of nitrogens with one attached hydrogen (secondary N) is 1. The van der Waals surface area contributed by atoms with Gasteiger partial charge in [-0.25, -0.2) is 4.98 Å². The number of halogens is 1. The van der Waals surface area contributed by atoms with Crippen molar-refractivity contribution in [2.75, 3.05) is 18.5 Å². The molecule has 2 aromatic rings. The van der Waals surface area contributed by atoms with Crippen molar-refractivity contribution in [1.82, 2.24) is 29.7 Å². The number of hydrogen-bond donors (Lipinski definition) is 1. The summed E-state index contributed by atoms with van der Waals surface area (Å²) in [5.41, 5.74) is 0. The van der Waals surface area contributed by atoms with Crippen molar-refractivity contribution in [3.05, 3.63) is 17.9 Å². The molecule has 0 bridgehead atoms. The van der Waals surface area contributed by atoms with Gasteiger partial charge in [-0.05, 0) is 37.3 Å². The van der Waals surface area contributed by atoms with Gasteiger partial charge in [0, 0.05) is 13.2 Å². The molecule has 1 aliphatic rings. The zero-order valence-electron chi connectivity index (χ0n) is 11.4. The van der Waals surface area contributed by atoms with Crippen LogP contribution in [0.2, 0.25) is 5.28 Å². The average molecular weight is 310 g/mol. The highest BCUT2D eigenvalue weighted by atomic mass is 35.5. The van der Waals surface area contributed by atoms with Crippen molar-refractivity contribution >= 4 is 17.5 Å². The second kappa shape index (κ2) is 6.77. The fraction of sp³-hybridized carbons (Fsp3) is 0.583. The summed E-state index contributed by atoms with van der Waals surface area (Å²) in [6.07, 6.45) is 7.66. The summed E-state index contributed by atoms with van der Waals surface area (Å²) in [5, 5.41) is 7.23. The van der Waals surface area contributed by atoms with Crippen molar-refractivity contribution in [2.24, 2.45) is 0 Å². The van der Waals surface area contributed by atoms with E-state index in [-0.39, 0.29) is 5.28 Å². The average Bonchev–Trinajstić information content (AvgIpc) is 3.02. The number of ether oxygens (including phenoxy) is 1. The summed E-state index contributed by atoms with van der Waals surface area (Å²) in [6, 6.07) is 0. The summed E-state index contributed by atoms with van der Waals surface area (Å²) in [7, 11) is 0. The first-order chi connectivity index (χ1) is 10.3. The van der Waals surface area contributed by atoms with Crippen LogP contribution in [0.4, 0.5) is 5.95 Å². The molecule has 21 heavy (non-hydrogen) atoms.